The van der Waals surface area contributed by atoms with Gasteiger partial charge in [-0.3, -0.25) is 4.98 Å². The Balaban J connectivity index is 1.24. The van der Waals surface area contributed by atoms with Crippen LogP contribution in [0.4, 0.5) is 10.8 Å². The summed E-state index contributed by atoms with van der Waals surface area (Å²) in [5.41, 5.74) is 11.7. The second kappa shape index (κ2) is 9.21. The van der Waals surface area contributed by atoms with Gasteiger partial charge >= 0.3 is 0 Å². The Labute approximate surface area is 190 Å². The average Bonchev–Trinajstić information content (AvgIpc) is 3.48. The highest BCUT2D eigenvalue weighted by atomic mass is 32.1. The molecule has 0 saturated heterocycles. The van der Waals surface area contributed by atoms with Crippen molar-refractivity contribution in [2.24, 2.45) is 5.73 Å². The number of fused-ring (bicyclic) bond motifs is 1. The lowest BCUT2D eigenvalue weighted by atomic mass is 10.1. The Morgan fingerprint density at radius 3 is 2.91 bits per heavy atom. The highest BCUT2D eigenvalue weighted by Crippen LogP contribution is 2.27. The standard InChI is InChI=1S/C25H23N5OS/c26-20(10-19-14-29-24-7-2-1-6-23(19)24)16-31-22-12-18(13-27-15-22)17-4-3-5-21(11-17)30-25-28-8-9-32-25/h1-9,11-15,20,29H,10,16,26H2,(H,28,30)/t20-/m0/s1. The number of H-pyrrole nitrogens is 1. The van der Waals surface area contributed by atoms with Crippen molar-refractivity contribution in [3.8, 4) is 16.9 Å². The van der Waals surface area contributed by atoms with Crippen LogP contribution >= 0.6 is 11.3 Å². The maximum atomic E-state index is 6.36. The molecule has 3 aromatic heterocycles. The SMILES string of the molecule is N[C@H](COc1cncc(-c2cccc(Nc3nccs3)c2)c1)Cc1c[nH]c2ccccc12. The van der Waals surface area contributed by atoms with Crippen LogP contribution in [0.5, 0.6) is 5.75 Å². The van der Waals surface area contributed by atoms with Crippen molar-refractivity contribution in [2.75, 3.05) is 11.9 Å². The summed E-state index contributed by atoms with van der Waals surface area (Å²) >= 11 is 1.56. The Bertz CT molecular complexity index is 1310. The molecular formula is C25H23N5OS. The lowest BCUT2D eigenvalue weighted by Crippen LogP contribution is -2.30. The quantitative estimate of drug-likeness (QED) is 0.301. The zero-order chi connectivity index (χ0) is 21.8. The highest BCUT2D eigenvalue weighted by molar-refractivity contribution is 7.13. The molecule has 32 heavy (non-hydrogen) atoms. The number of nitrogens with zero attached hydrogens (tertiary/aromatic N) is 2. The van der Waals surface area contributed by atoms with Gasteiger partial charge in [-0.2, -0.15) is 0 Å². The lowest BCUT2D eigenvalue weighted by Gasteiger charge is -2.13. The summed E-state index contributed by atoms with van der Waals surface area (Å²) < 4.78 is 5.98. The first kappa shape index (κ1) is 20.2. The van der Waals surface area contributed by atoms with Gasteiger partial charge in [0.15, 0.2) is 5.13 Å². The van der Waals surface area contributed by atoms with Crippen LogP contribution < -0.4 is 15.8 Å². The number of hydrogen-bond donors (Lipinski definition) is 3. The Kier molecular flexibility index (Phi) is 5.83. The number of benzene rings is 2. The first-order valence-electron chi connectivity index (χ1n) is 10.4. The van der Waals surface area contributed by atoms with Crippen molar-refractivity contribution >= 4 is 33.1 Å². The summed E-state index contributed by atoms with van der Waals surface area (Å²) in [6, 6.07) is 18.3. The third kappa shape index (κ3) is 4.64. The van der Waals surface area contributed by atoms with Crippen molar-refractivity contribution in [3.05, 3.63) is 90.3 Å². The number of pyridine rings is 1. The van der Waals surface area contributed by atoms with Crippen LogP contribution in [-0.2, 0) is 6.42 Å². The zero-order valence-corrected chi connectivity index (χ0v) is 18.2. The highest BCUT2D eigenvalue weighted by Gasteiger charge is 2.10. The molecule has 160 valence electrons. The number of para-hydroxylation sites is 1. The number of nitrogens with one attached hydrogen (secondary N) is 2. The predicted octanol–water partition coefficient (Wildman–Crippen LogP) is 5.38. The molecule has 4 N–H and O–H groups in total. The third-order valence-electron chi connectivity index (χ3n) is 5.21. The first-order valence-corrected chi connectivity index (χ1v) is 11.3. The largest absolute Gasteiger partial charge is 0.490 e. The molecule has 0 fully saturated rings. The first-order chi connectivity index (χ1) is 15.7. The van der Waals surface area contributed by atoms with Gasteiger partial charge in [-0.15, -0.1) is 11.3 Å². The molecule has 0 aliphatic heterocycles. The molecule has 0 amide bonds. The van der Waals surface area contributed by atoms with E-state index in [0.717, 1.165) is 33.9 Å². The Hall–Kier alpha value is -3.68. The van der Waals surface area contributed by atoms with E-state index >= 15 is 0 Å². The number of ether oxygens (including phenoxy) is 1. The molecule has 5 rings (SSSR count). The smallest absolute Gasteiger partial charge is 0.187 e. The van der Waals surface area contributed by atoms with Crippen molar-refractivity contribution in [2.45, 2.75) is 12.5 Å². The van der Waals surface area contributed by atoms with Crippen molar-refractivity contribution in [1.29, 1.82) is 0 Å². The normalized spacial score (nSPS) is 12.0. The van der Waals surface area contributed by atoms with Crippen molar-refractivity contribution < 1.29 is 4.74 Å². The maximum absolute atomic E-state index is 6.36. The summed E-state index contributed by atoms with van der Waals surface area (Å²) in [6.45, 7) is 0.413. The minimum Gasteiger partial charge on any atom is -0.490 e. The lowest BCUT2D eigenvalue weighted by molar-refractivity contribution is 0.287. The Morgan fingerprint density at radius 2 is 2.00 bits per heavy atom. The molecule has 0 bridgehead atoms. The van der Waals surface area contributed by atoms with E-state index in [0.29, 0.717) is 12.4 Å². The number of anilines is 2. The van der Waals surface area contributed by atoms with Gasteiger partial charge in [0, 0.05) is 52.2 Å². The van der Waals surface area contributed by atoms with Crippen LogP contribution in [0, 0.1) is 0 Å². The fourth-order valence-electron chi connectivity index (χ4n) is 3.69. The van der Waals surface area contributed by atoms with Gasteiger partial charge in [0.05, 0.1) is 6.20 Å². The molecule has 2 aromatic carbocycles. The molecule has 0 radical (unpaired) electrons. The average molecular weight is 442 g/mol. The molecule has 5 aromatic rings. The second-order valence-electron chi connectivity index (χ2n) is 7.59. The number of rotatable bonds is 8. The summed E-state index contributed by atoms with van der Waals surface area (Å²) in [7, 11) is 0. The molecule has 0 saturated carbocycles. The molecular weight excluding hydrogens is 418 g/mol. The van der Waals surface area contributed by atoms with E-state index in [1.54, 1.807) is 23.7 Å². The topological polar surface area (TPSA) is 88.8 Å². The van der Waals surface area contributed by atoms with Crippen LogP contribution in [0.25, 0.3) is 22.0 Å². The van der Waals surface area contributed by atoms with Crippen LogP contribution in [0.3, 0.4) is 0 Å². The monoisotopic (exact) mass is 441 g/mol. The van der Waals surface area contributed by atoms with Crippen LogP contribution in [0.1, 0.15) is 5.56 Å². The van der Waals surface area contributed by atoms with Crippen LogP contribution in [0.15, 0.2) is 84.8 Å². The van der Waals surface area contributed by atoms with Gasteiger partial charge in [0.2, 0.25) is 0 Å². The molecule has 0 aliphatic rings. The minimum atomic E-state index is -0.122. The van der Waals surface area contributed by atoms with Crippen molar-refractivity contribution in [1.82, 2.24) is 15.0 Å². The van der Waals surface area contributed by atoms with E-state index in [4.69, 9.17) is 10.5 Å². The van der Waals surface area contributed by atoms with Gasteiger partial charge in [-0.25, -0.2) is 4.98 Å². The number of thiazole rings is 1. The molecule has 3 heterocycles. The van der Waals surface area contributed by atoms with E-state index in [2.05, 4.69) is 44.5 Å². The second-order valence-corrected chi connectivity index (χ2v) is 8.48. The predicted molar refractivity (Wildman–Crippen MR) is 131 cm³/mol. The van der Waals surface area contributed by atoms with Gasteiger partial charge in [-0.05, 0) is 41.8 Å². The number of hydrogen-bond acceptors (Lipinski definition) is 6. The van der Waals surface area contributed by atoms with Crippen LogP contribution in [0.2, 0.25) is 0 Å². The van der Waals surface area contributed by atoms with Crippen molar-refractivity contribution in [3.63, 3.8) is 0 Å². The summed E-state index contributed by atoms with van der Waals surface area (Å²) in [4.78, 5) is 11.9. The number of aromatic amines is 1. The molecule has 6 nitrogen and oxygen atoms in total. The Morgan fingerprint density at radius 1 is 1.06 bits per heavy atom. The van der Waals surface area contributed by atoms with Gasteiger partial charge < -0.3 is 20.8 Å². The molecule has 0 unspecified atom stereocenters. The maximum Gasteiger partial charge on any atom is 0.187 e. The van der Waals surface area contributed by atoms with E-state index in [-0.39, 0.29) is 6.04 Å². The summed E-state index contributed by atoms with van der Waals surface area (Å²) in [6.07, 6.45) is 8.10. The molecule has 0 spiro atoms. The number of aromatic nitrogens is 3. The molecule has 1 atom stereocenters. The fraction of sp³-hybridized carbons (Fsp3) is 0.120. The molecule has 7 heteroatoms. The summed E-state index contributed by atoms with van der Waals surface area (Å²) in [5.74, 6) is 0.704. The third-order valence-corrected chi connectivity index (χ3v) is 5.90. The van der Waals surface area contributed by atoms with Gasteiger partial charge in [0.25, 0.3) is 0 Å². The minimum absolute atomic E-state index is 0.122. The fourth-order valence-corrected chi connectivity index (χ4v) is 4.24. The van der Waals surface area contributed by atoms with E-state index in [9.17, 15) is 0 Å². The van der Waals surface area contributed by atoms with Crippen LogP contribution in [-0.4, -0.2) is 27.6 Å². The van der Waals surface area contributed by atoms with E-state index in [1.165, 1.54) is 10.9 Å². The van der Waals surface area contributed by atoms with E-state index in [1.807, 2.05) is 48.1 Å². The van der Waals surface area contributed by atoms with Gasteiger partial charge in [-0.1, -0.05) is 30.3 Å². The zero-order valence-electron chi connectivity index (χ0n) is 17.4. The molecule has 0 aliphatic carbocycles. The summed E-state index contributed by atoms with van der Waals surface area (Å²) in [5, 5.41) is 7.33. The van der Waals surface area contributed by atoms with E-state index < -0.39 is 0 Å². The van der Waals surface area contributed by atoms with Gasteiger partial charge in [0.1, 0.15) is 12.4 Å². The number of nitrogens with two attached hydrogens (primary N) is 1.